The summed E-state index contributed by atoms with van der Waals surface area (Å²) in [7, 11) is 0. The molecule has 0 aliphatic rings. The fourth-order valence-electron chi connectivity index (χ4n) is 8.25. The molecular formula is C54H34N2S. The Kier molecular flexibility index (Phi) is 8.04. The van der Waals surface area contributed by atoms with Crippen LogP contribution in [0.4, 0.5) is 0 Å². The van der Waals surface area contributed by atoms with Crippen molar-refractivity contribution in [1.82, 2.24) is 9.97 Å². The van der Waals surface area contributed by atoms with E-state index in [0.29, 0.717) is 5.82 Å². The predicted octanol–water partition coefficient (Wildman–Crippen LogP) is 15.2. The third kappa shape index (κ3) is 5.97. The molecule has 0 unspecified atom stereocenters. The zero-order valence-electron chi connectivity index (χ0n) is 30.9. The molecule has 0 fully saturated rings. The molecular weight excluding hydrogens is 709 g/mol. The summed E-state index contributed by atoms with van der Waals surface area (Å²) < 4.78 is 2.32. The Labute approximate surface area is 335 Å². The van der Waals surface area contributed by atoms with Crippen molar-refractivity contribution in [3.63, 3.8) is 0 Å². The monoisotopic (exact) mass is 742 g/mol. The van der Waals surface area contributed by atoms with Crippen LogP contribution in [0.1, 0.15) is 0 Å². The number of aromatic nitrogens is 2. The van der Waals surface area contributed by atoms with E-state index in [1.54, 1.807) is 11.3 Å². The van der Waals surface area contributed by atoms with Crippen LogP contribution in [0.25, 0.3) is 109 Å². The number of fused-ring (bicyclic) bond motifs is 6. The van der Waals surface area contributed by atoms with Gasteiger partial charge in [0.15, 0.2) is 5.82 Å². The number of benzene rings is 9. The molecule has 0 radical (unpaired) electrons. The van der Waals surface area contributed by atoms with E-state index in [2.05, 4.69) is 206 Å². The van der Waals surface area contributed by atoms with Gasteiger partial charge in [0, 0.05) is 21.2 Å². The van der Waals surface area contributed by atoms with E-state index in [1.165, 1.54) is 54.1 Å². The summed E-state index contributed by atoms with van der Waals surface area (Å²) >= 11 is 1.76. The van der Waals surface area contributed by atoms with Gasteiger partial charge >= 0.3 is 0 Å². The van der Waals surface area contributed by atoms with Crippen LogP contribution < -0.4 is 0 Å². The Morgan fingerprint density at radius 1 is 0.316 bits per heavy atom. The highest BCUT2D eigenvalue weighted by molar-refractivity contribution is 7.26. The minimum absolute atomic E-state index is 0.714. The summed E-state index contributed by atoms with van der Waals surface area (Å²) in [4.78, 5) is 10.8. The lowest BCUT2D eigenvalue weighted by Gasteiger charge is -2.15. The Hall–Kier alpha value is -7.20. The molecule has 3 heteroatoms. The summed E-state index contributed by atoms with van der Waals surface area (Å²) in [6.07, 6.45) is 0. The zero-order chi connectivity index (χ0) is 37.7. The summed E-state index contributed by atoms with van der Waals surface area (Å²) in [5.74, 6) is 0.714. The molecule has 0 spiro atoms. The van der Waals surface area contributed by atoms with Crippen molar-refractivity contribution in [1.29, 1.82) is 0 Å². The van der Waals surface area contributed by atoms with E-state index >= 15 is 0 Å². The number of hydrogen-bond donors (Lipinski definition) is 0. The number of nitrogens with zero attached hydrogens (tertiary/aromatic N) is 2. The Bertz CT molecular complexity index is 3270. The highest BCUT2D eigenvalue weighted by atomic mass is 32.1. The van der Waals surface area contributed by atoms with E-state index in [1.807, 2.05) is 0 Å². The molecule has 0 aliphatic heterocycles. The molecule has 266 valence electrons. The van der Waals surface area contributed by atoms with Crippen molar-refractivity contribution >= 4 is 53.2 Å². The zero-order valence-corrected chi connectivity index (χ0v) is 31.7. The number of rotatable bonds is 6. The molecule has 2 nitrogen and oxygen atoms in total. The first-order chi connectivity index (χ1) is 28.2. The highest BCUT2D eigenvalue weighted by Crippen LogP contribution is 2.42. The van der Waals surface area contributed by atoms with Gasteiger partial charge < -0.3 is 0 Å². The lowest BCUT2D eigenvalue weighted by molar-refractivity contribution is 1.24. The molecule has 9 aromatic carbocycles. The maximum Gasteiger partial charge on any atom is 0.160 e. The van der Waals surface area contributed by atoms with Gasteiger partial charge in [0.05, 0.1) is 15.9 Å². The van der Waals surface area contributed by atoms with Crippen LogP contribution in [0.2, 0.25) is 0 Å². The Balaban J connectivity index is 1.14. The summed E-state index contributed by atoms with van der Waals surface area (Å²) in [6.45, 7) is 0. The quantitative estimate of drug-likeness (QED) is 0.159. The molecule has 0 atom stereocenters. The van der Waals surface area contributed by atoms with Crippen LogP contribution in [0.5, 0.6) is 0 Å². The molecule has 0 saturated heterocycles. The molecule has 0 bridgehead atoms. The summed E-state index contributed by atoms with van der Waals surface area (Å²) in [6, 6.07) is 74.1. The molecule has 11 rings (SSSR count). The molecule has 11 aromatic rings. The van der Waals surface area contributed by atoms with Crippen LogP contribution in [-0.2, 0) is 0 Å². The highest BCUT2D eigenvalue weighted by Gasteiger charge is 2.19. The fraction of sp³-hybridized carbons (Fsp3) is 0. The topological polar surface area (TPSA) is 25.8 Å². The van der Waals surface area contributed by atoms with Crippen LogP contribution in [0, 0.1) is 0 Å². The minimum Gasteiger partial charge on any atom is -0.226 e. The molecule has 2 aromatic heterocycles. The van der Waals surface area contributed by atoms with Gasteiger partial charge in [0.2, 0.25) is 0 Å². The van der Waals surface area contributed by atoms with Gasteiger partial charge in [-0.25, -0.2) is 9.97 Å². The Morgan fingerprint density at radius 2 is 0.842 bits per heavy atom. The van der Waals surface area contributed by atoms with E-state index in [-0.39, 0.29) is 0 Å². The van der Waals surface area contributed by atoms with Gasteiger partial charge in [-0.05, 0) is 102 Å². The number of thiophene rings is 1. The lowest BCUT2D eigenvalue weighted by Crippen LogP contribution is -1.95. The summed E-state index contributed by atoms with van der Waals surface area (Å²) in [5.41, 5.74) is 13.4. The normalized spacial score (nSPS) is 11.5. The maximum atomic E-state index is 5.42. The fourth-order valence-corrected chi connectivity index (χ4v) is 9.40. The second-order valence-electron chi connectivity index (χ2n) is 14.6. The second kappa shape index (κ2) is 13.8. The predicted molar refractivity (Wildman–Crippen MR) is 243 cm³/mol. The summed E-state index contributed by atoms with van der Waals surface area (Å²) in [5, 5.41) is 6.09. The number of hydrogen-bond acceptors (Lipinski definition) is 3. The largest absolute Gasteiger partial charge is 0.226 e. The van der Waals surface area contributed by atoms with Gasteiger partial charge in [-0.15, -0.1) is 11.3 Å². The lowest BCUT2D eigenvalue weighted by atomic mass is 9.90. The van der Waals surface area contributed by atoms with Crippen molar-refractivity contribution < 1.29 is 0 Å². The third-order valence-corrected chi connectivity index (χ3v) is 12.2. The van der Waals surface area contributed by atoms with Crippen molar-refractivity contribution in [2.45, 2.75) is 0 Å². The average Bonchev–Trinajstić information content (AvgIpc) is 3.68. The molecule has 57 heavy (non-hydrogen) atoms. The van der Waals surface area contributed by atoms with Crippen molar-refractivity contribution in [2.75, 3.05) is 0 Å². The Morgan fingerprint density at radius 3 is 1.61 bits per heavy atom. The first-order valence-corrected chi connectivity index (χ1v) is 20.1. The van der Waals surface area contributed by atoms with Gasteiger partial charge in [0.1, 0.15) is 0 Å². The van der Waals surface area contributed by atoms with Gasteiger partial charge in [-0.2, -0.15) is 0 Å². The van der Waals surface area contributed by atoms with Crippen LogP contribution in [0.3, 0.4) is 0 Å². The van der Waals surface area contributed by atoms with Gasteiger partial charge in [-0.3, -0.25) is 0 Å². The first kappa shape index (κ1) is 33.2. The molecule has 0 N–H and O–H groups in total. The van der Waals surface area contributed by atoms with Crippen LogP contribution >= 0.6 is 11.3 Å². The van der Waals surface area contributed by atoms with E-state index in [9.17, 15) is 0 Å². The standard InChI is InChI=1S/C54H34N2S/c1-3-14-35(15-4-1)36-26-28-37(29-27-36)39-19-13-20-40(30-39)42-31-43(49-34-41-18-7-8-21-45(41)46-22-9-10-23-47(46)49)33-44(32-42)54-55-51(38-16-5-2-6-17-38)53-52(56-54)48-24-11-12-25-50(48)57-53/h1-34H. The molecule has 2 heterocycles. The molecule has 0 saturated carbocycles. The van der Waals surface area contributed by atoms with Gasteiger partial charge in [0.25, 0.3) is 0 Å². The average molecular weight is 743 g/mol. The van der Waals surface area contributed by atoms with Crippen LogP contribution in [-0.4, -0.2) is 9.97 Å². The molecule has 0 aliphatic carbocycles. The third-order valence-electron chi connectivity index (χ3n) is 11.1. The maximum absolute atomic E-state index is 5.42. The van der Waals surface area contributed by atoms with Gasteiger partial charge in [-0.1, -0.05) is 170 Å². The van der Waals surface area contributed by atoms with Crippen molar-refractivity contribution in [2.24, 2.45) is 0 Å². The smallest absolute Gasteiger partial charge is 0.160 e. The SMILES string of the molecule is c1ccc(-c2ccc(-c3cccc(-c4cc(-c5nc(-c6ccccc6)c6sc7ccccc7c6n5)cc(-c5cc6ccccc6c6ccccc56)c4)c3)cc2)cc1. The van der Waals surface area contributed by atoms with E-state index in [4.69, 9.17) is 9.97 Å². The van der Waals surface area contributed by atoms with E-state index < -0.39 is 0 Å². The molecule has 0 amide bonds. The van der Waals surface area contributed by atoms with Crippen molar-refractivity contribution in [3.8, 4) is 67.2 Å². The minimum atomic E-state index is 0.714. The second-order valence-corrected chi connectivity index (χ2v) is 15.6. The van der Waals surface area contributed by atoms with Crippen molar-refractivity contribution in [3.05, 3.63) is 206 Å². The van der Waals surface area contributed by atoms with Crippen LogP contribution in [0.15, 0.2) is 206 Å². The first-order valence-electron chi connectivity index (χ1n) is 19.3. The van der Waals surface area contributed by atoms with E-state index in [0.717, 1.165) is 49.1 Å².